The molecule has 0 aliphatic heterocycles. The van der Waals surface area contributed by atoms with Crippen molar-refractivity contribution in [2.75, 3.05) is 11.9 Å². The third kappa shape index (κ3) is 5.22. The number of halogens is 4. The number of carbonyl (C=O) groups is 2. The number of alkyl halides is 3. The smallest absolute Gasteiger partial charge is 0.405 e. The van der Waals surface area contributed by atoms with Crippen LogP contribution in [0.1, 0.15) is 26.3 Å². The predicted octanol–water partition coefficient (Wildman–Crippen LogP) is 4.01. The van der Waals surface area contributed by atoms with Crippen molar-refractivity contribution in [3.63, 3.8) is 0 Å². The number of carbonyl (C=O) groups excluding carboxylic acids is 2. The van der Waals surface area contributed by atoms with E-state index in [4.69, 9.17) is 0 Å². The van der Waals surface area contributed by atoms with Crippen LogP contribution in [0.15, 0.2) is 40.9 Å². The fourth-order valence-corrected chi connectivity index (χ4v) is 2.42. The highest BCUT2D eigenvalue weighted by molar-refractivity contribution is 9.10. The van der Waals surface area contributed by atoms with Gasteiger partial charge in [0, 0.05) is 15.7 Å². The highest BCUT2D eigenvalue weighted by Gasteiger charge is 2.28. The van der Waals surface area contributed by atoms with Crippen molar-refractivity contribution in [2.45, 2.75) is 13.1 Å². The normalized spacial score (nSPS) is 11.1. The van der Waals surface area contributed by atoms with Crippen LogP contribution < -0.4 is 10.6 Å². The first-order valence-corrected chi connectivity index (χ1v) is 8.11. The van der Waals surface area contributed by atoms with Gasteiger partial charge in [0.1, 0.15) is 12.3 Å². The Bertz CT molecular complexity index is 854. The maximum absolute atomic E-state index is 12.3. The minimum atomic E-state index is -4.52. The van der Waals surface area contributed by atoms with Crippen LogP contribution in [-0.2, 0) is 0 Å². The number of aryl methyl sites for hydroxylation is 1. The molecule has 0 aromatic heterocycles. The summed E-state index contributed by atoms with van der Waals surface area (Å²) in [6.45, 7) is 0.209. The Morgan fingerprint density at radius 3 is 2.46 bits per heavy atom. The van der Waals surface area contributed by atoms with Gasteiger partial charge >= 0.3 is 6.18 Å². The van der Waals surface area contributed by atoms with Crippen molar-refractivity contribution >= 4 is 33.4 Å². The molecule has 0 radical (unpaired) electrons. The molecule has 138 valence electrons. The van der Waals surface area contributed by atoms with Crippen molar-refractivity contribution < 1.29 is 27.9 Å². The van der Waals surface area contributed by atoms with Crippen LogP contribution in [-0.4, -0.2) is 29.6 Å². The van der Waals surface area contributed by atoms with Crippen molar-refractivity contribution in [3.8, 4) is 5.75 Å². The monoisotopic (exact) mass is 430 g/mol. The van der Waals surface area contributed by atoms with E-state index in [1.165, 1.54) is 30.3 Å². The van der Waals surface area contributed by atoms with Gasteiger partial charge in [-0.25, -0.2) is 0 Å². The molecule has 0 spiro atoms. The van der Waals surface area contributed by atoms with Gasteiger partial charge in [0.15, 0.2) is 0 Å². The summed E-state index contributed by atoms with van der Waals surface area (Å²) in [6.07, 6.45) is -4.52. The molecule has 0 unspecified atom stereocenters. The molecule has 0 aliphatic carbocycles. The summed E-state index contributed by atoms with van der Waals surface area (Å²) in [6, 6.07) is 8.44. The Kier molecular flexibility index (Phi) is 5.91. The van der Waals surface area contributed by atoms with Crippen LogP contribution in [0.2, 0.25) is 0 Å². The lowest BCUT2D eigenvalue weighted by Crippen LogP contribution is -2.33. The first-order chi connectivity index (χ1) is 12.1. The Morgan fingerprint density at radius 2 is 1.81 bits per heavy atom. The molecule has 2 aromatic rings. The number of hydrogen-bond donors (Lipinski definition) is 3. The number of amides is 2. The molecule has 2 amide bonds. The first-order valence-electron chi connectivity index (χ1n) is 7.32. The second kappa shape index (κ2) is 7.77. The van der Waals surface area contributed by atoms with Crippen LogP contribution in [0.25, 0.3) is 0 Å². The van der Waals surface area contributed by atoms with Crippen LogP contribution in [0.3, 0.4) is 0 Å². The maximum Gasteiger partial charge on any atom is 0.405 e. The highest BCUT2D eigenvalue weighted by Crippen LogP contribution is 2.24. The molecular weight excluding hydrogens is 417 g/mol. The predicted molar refractivity (Wildman–Crippen MR) is 93.3 cm³/mol. The van der Waals surface area contributed by atoms with E-state index in [0.717, 1.165) is 0 Å². The molecule has 2 aromatic carbocycles. The van der Waals surface area contributed by atoms with Crippen LogP contribution in [0.5, 0.6) is 5.75 Å². The zero-order chi connectivity index (χ0) is 19.5. The third-order valence-electron chi connectivity index (χ3n) is 3.40. The molecule has 0 atom stereocenters. The summed E-state index contributed by atoms with van der Waals surface area (Å²) in [5, 5.41) is 14.1. The number of phenols is 1. The van der Waals surface area contributed by atoms with Gasteiger partial charge in [-0.2, -0.15) is 13.2 Å². The number of phenolic OH excluding ortho intramolecular Hbond substituents is 1. The van der Waals surface area contributed by atoms with Gasteiger partial charge in [0.2, 0.25) is 0 Å². The van der Waals surface area contributed by atoms with Crippen molar-refractivity contribution in [1.82, 2.24) is 5.32 Å². The van der Waals surface area contributed by atoms with Crippen molar-refractivity contribution in [1.29, 1.82) is 0 Å². The molecular formula is C17H14BrF3N2O3. The van der Waals surface area contributed by atoms with E-state index in [9.17, 15) is 27.9 Å². The third-order valence-corrected chi connectivity index (χ3v) is 3.89. The Morgan fingerprint density at radius 1 is 1.12 bits per heavy atom. The largest absolute Gasteiger partial charge is 0.507 e. The SMILES string of the molecule is Cc1ccc(C(=O)NCC(F)(F)F)cc1NC(=O)c1cc(Br)ccc1O. The van der Waals surface area contributed by atoms with E-state index < -0.39 is 24.5 Å². The van der Waals surface area contributed by atoms with Crippen molar-refractivity contribution in [3.05, 3.63) is 57.6 Å². The summed E-state index contributed by atoms with van der Waals surface area (Å²) in [5.41, 5.74) is 0.813. The molecule has 2 rings (SSSR count). The zero-order valence-electron chi connectivity index (χ0n) is 13.4. The van der Waals surface area contributed by atoms with E-state index in [0.29, 0.717) is 10.0 Å². The standard InChI is InChI=1S/C17H14BrF3N2O3/c1-9-2-3-10(15(25)22-8-17(19,20)21)6-13(9)23-16(26)12-7-11(18)4-5-14(12)24/h2-7,24H,8H2,1H3,(H,22,25)(H,23,26). The summed E-state index contributed by atoms with van der Waals surface area (Å²) < 4.78 is 37.2. The Labute approximate surface area is 155 Å². The molecule has 0 saturated carbocycles. The summed E-state index contributed by atoms with van der Waals surface area (Å²) in [4.78, 5) is 24.2. The summed E-state index contributed by atoms with van der Waals surface area (Å²) >= 11 is 3.19. The topological polar surface area (TPSA) is 78.4 Å². The molecule has 9 heteroatoms. The van der Waals surface area contributed by atoms with Gasteiger partial charge in [0.25, 0.3) is 11.8 Å². The molecule has 0 saturated heterocycles. The number of hydrogen-bond acceptors (Lipinski definition) is 3. The number of aromatic hydroxyl groups is 1. The fourth-order valence-electron chi connectivity index (χ4n) is 2.06. The van der Waals surface area contributed by atoms with E-state index in [-0.39, 0.29) is 22.6 Å². The van der Waals surface area contributed by atoms with Gasteiger partial charge < -0.3 is 15.7 Å². The Hall–Kier alpha value is -2.55. The molecule has 3 N–H and O–H groups in total. The zero-order valence-corrected chi connectivity index (χ0v) is 15.0. The quantitative estimate of drug-likeness (QED) is 0.685. The molecule has 0 bridgehead atoms. The van der Waals surface area contributed by atoms with E-state index in [1.54, 1.807) is 18.3 Å². The molecule has 5 nitrogen and oxygen atoms in total. The number of rotatable bonds is 4. The van der Waals surface area contributed by atoms with Gasteiger partial charge in [-0.15, -0.1) is 0 Å². The summed E-state index contributed by atoms with van der Waals surface area (Å²) in [7, 11) is 0. The molecule has 26 heavy (non-hydrogen) atoms. The lowest BCUT2D eigenvalue weighted by molar-refractivity contribution is -0.123. The second-order valence-corrected chi connectivity index (χ2v) is 6.36. The highest BCUT2D eigenvalue weighted by atomic mass is 79.9. The van der Waals surface area contributed by atoms with Crippen LogP contribution >= 0.6 is 15.9 Å². The van der Waals surface area contributed by atoms with Crippen molar-refractivity contribution in [2.24, 2.45) is 0 Å². The van der Waals surface area contributed by atoms with Crippen LogP contribution in [0, 0.1) is 6.92 Å². The average Bonchev–Trinajstić information content (AvgIpc) is 2.56. The second-order valence-electron chi connectivity index (χ2n) is 5.44. The lowest BCUT2D eigenvalue weighted by atomic mass is 10.1. The van der Waals surface area contributed by atoms with E-state index in [2.05, 4.69) is 21.2 Å². The minimum absolute atomic E-state index is 0.00528. The number of benzene rings is 2. The molecule has 0 aliphatic rings. The fraction of sp³-hybridized carbons (Fsp3) is 0.176. The van der Waals surface area contributed by atoms with E-state index in [1.807, 2.05) is 0 Å². The minimum Gasteiger partial charge on any atom is -0.507 e. The van der Waals surface area contributed by atoms with Gasteiger partial charge in [-0.1, -0.05) is 22.0 Å². The van der Waals surface area contributed by atoms with Crippen LogP contribution in [0.4, 0.5) is 18.9 Å². The Balaban J connectivity index is 2.20. The van der Waals surface area contributed by atoms with Gasteiger partial charge in [0.05, 0.1) is 5.56 Å². The molecule has 0 heterocycles. The van der Waals surface area contributed by atoms with Gasteiger partial charge in [-0.3, -0.25) is 9.59 Å². The maximum atomic E-state index is 12.3. The lowest BCUT2D eigenvalue weighted by Gasteiger charge is -2.12. The number of anilines is 1. The first kappa shape index (κ1) is 19.8. The average molecular weight is 431 g/mol. The van der Waals surface area contributed by atoms with E-state index >= 15 is 0 Å². The van der Waals surface area contributed by atoms with Gasteiger partial charge in [-0.05, 0) is 42.8 Å². The summed E-state index contributed by atoms with van der Waals surface area (Å²) in [5.74, 6) is -1.77. The molecule has 0 fully saturated rings. The number of nitrogens with one attached hydrogen (secondary N) is 2.